The zero-order valence-corrected chi connectivity index (χ0v) is 15.9. The number of nitrogens with zero attached hydrogens (tertiary/aromatic N) is 3. The standard InChI is InChI=1S/C19H16ClF2N3OS/c20-13-10-15(22)14(21)9-12(13)19(26)25-7-5-24(6-8-25)11-18-23-16-3-1-2-4-17(16)27-18/h1-4,9-10H,5-8,11H2. The van der Waals surface area contributed by atoms with Crippen LogP contribution in [0.2, 0.25) is 5.02 Å². The number of hydrogen-bond donors (Lipinski definition) is 0. The van der Waals surface area contributed by atoms with Gasteiger partial charge in [-0.3, -0.25) is 9.69 Å². The second kappa shape index (κ2) is 7.50. The molecule has 1 aromatic heterocycles. The van der Waals surface area contributed by atoms with Gasteiger partial charge in [-0.1, -0.05) is 23.7 Å². The van der Waals surface area contributed by atoms with Gasteiger partial charge in [0.05, 0.1) is 27.3 Å². The highest BCUT2D eigenvalue weighted by Crippen LogP contribution is 2.24. The third kappa shape index (κ3) is 3.81. The first kappa shape index (κ1) is 18.3. The molecule has 0 spiro atoms. The topological polar surface area (TPSA) is 36.4 Å². The first-order valence-electron chi connectivity index (χ1n) is 8.52. The van der Waals surface area contributed by atoms with E-state index in [4.69, 9.17) is 11.6 Å². The van der Waals surface area contributed by atoms with E-state index in [1.54, 1.807) is 16.2 Å². The summed E-state index contributed by atoms with van der Waals surface area (Å²) in [5.41, 5.74) is 0.995. The van der Waals surface area contributed by atoms with Gasteiger partial charge in [0.1, 0.15) is 5.01 Å². The van der Waals surface area contributed by atoms with Gasteiger partial charge in [0.2, 0.25) is 0 Å². The van der Waals surface area contributed by atoms with Crippen molar-refractivity contribution >= 4 is 39.1 Å². The van der Waals surface area contributed by atoms with Gasteiger partial charge < -0.3 is 4.90 Å². The minimum absolute atomic E-state index is 0.00445. The Morgan fingerprint density at radius 1 is 1.11 bits per heavy atom. The molecule has 1 aliphatic rings. The molecule has 4 nitrogen and oxygen atoms in total. The summed E-state index contributed by atoms with van der Waals surface area (Å²) in [5, 5.41) is 0.968. The Kier molecular flexibility index (Phi) is 5.08. The second-order valence-electron chi connectivity index (χ2n) is 6.39. The lowest BCUT2D eigenvalue weighted by molar-refractivity contribution is 0.0628. The van der Waals surface area contributed by atoms with Gasteiger partial charge in [-0.2, -0.15) is 0 Å². The molecule has 0 atom stereocenters. The monoisotopic (exact) mass is 407 g/mol. The van der Waals surface area contributed by atoms with Crippen molar-refractivity contribution in [2.45, 2.75) is 6.54 Å². The van der Waals surface area contributed by atoms with E-state index in [0.717, 1.165) is 33.9 Å². The van der Waals surface area contributed by atoms with Crippen LogP contribution in [0, 0.1) is 11.6 Å². The van der Waals surface area contributed by atoms with E-state index in [1.165, 1.54) is 0 Å². The van der Waals surface area contributed by atoms with E-state index < -0.39 is 11.6 Å². The number of aromatic nitrogens is 1. The van der Waals surface area contributed by atoms with E-state index >= 15 is 0 Å². The van der Waals surface area contributed by atoms with Crippen LogP contribution in [0.3, 0.4) is 0 Å². The van der Waals surface area contributed by atoms with Gasteiger partial charge in [0.15, 0.2) is 11.6 Å². The molecule has 27 heavy (non-hydrogen) atoms. The molecular weight excluding hydrogens is 392 g/mol. The minimum Gasteiger partial charge on any atom is -0.336 e. The number of rotatable bonds is 3. The van der Waals surface area contributed by atoms with E-state index in [0.29, 0.717) is 26.2 Å². The molecule has 0 unspecified atom stereocenters. The van der Waals surface area contributed by atoms with Crippen molar-refractivity contribution < 1.29 is 13.6 Å². The van der Waals surface area contributed by atoms with Crippen molar-refractivity contribution in [3.8, 4) is 0 Å². The maximum atomic E-state index is 13.5. The molecule has 0 aliphatic carbocycles. The molecule has 1 amide bonds. The van der Waals surface area contributed by atoms with E-state index in [1.807, 2.05) is 18.2 Å². The molecule has 140 valence electrons. The lowest BCUT2D eigenvalue weighted by Gasteiger charge is -2.34. The van der Waals surface area contributed by atoms with E-state index in [2.05, 4.69) is 16.0 Å². The molecule has 3 aromatic rings. The molecular formula is C19H16ClF2N3OS. The van der Waals surface area contributed by atoms with Gasteiger partial charge in [0.25, 0.3) is 5.91 Å². The van der Waals surface area contributed by atoms with Crippen molar-refractivity contribution in [1.29, 1.82) is 0 Å². The Balaban J connectivity index is 1.40. The van der Waals surface area contributed by atoms with Gasteiger partial charge in [0, 0.05) is 26.2 Å². The average Bonchev–Trinajstić information content (AvgIpc) is 3.07. The number of thiazole rings is 1. The molecule has 0 saturated carbocycles. The fraction of sp³-hybridized carbons (Fsp3) is 0.263. The smallest absolute Gasteiger partial charge is 0.255 e. The van der Waals surface area contributed by atoms with Crippen LogP contribution in [0.15, 0.2) is 36.4 Å². The van der Waals surface area contributed by atoms with Crippen molar-refractivity contribution in [1.82, 2.24) is 14.8 Å². The molecule has 2 aromatic carbocycles. The Morgan fingerprint density at radius 2 is 1.81 bits per heavy atom. The van der Waals surface area contributed by atoms with Crippen LogP contribution >= 0.6 is 22.9 Å². The number of piperazine rings is 1. The predicted molar refractivity (Wildman–Crippen MR) is 102 cm³/mol. The van der Waals surface area contributed by atoms with Crippen LogP contribution < -0.4 is 0 Å². The highest BCUT2D eigenvalue weighted by Gasteiger charge is 2.25. The number of halogens is 3. The average molecular weight is 408 g/mol. The van der Waals surface area contributed by atoms with E-state index in [-0.39, 0.29) is 16.5 Å². The summed E-state index contributed by atoms with van der Waals surface area (Å²) in [6.45, 7) is 3.09. The summed E-state index contributed by atoms with van der Waals surface area (Å²) < 4.78 is 27.8. The maximum absolute atomic E-state index is 13.5. The highest BCUT2D eigenvalue weighted by atomic mass is 35.5. The molecule has 1 aliphatic heterocycles. The number of para-hydroxylation sites is 1. The summed E-state index contributed by atoms with van der Waals surface area (Å²) in [6.07, 6.45) is 0. The van der Waals surface area contributed by atoms with Gasteiger partial charge in [-0.15, -0.1) is 11.3 Å². The first-order valence-corrected chi connectivity index (χ1v) is 9.71. The van der Waals surface area contributed by atoms with Crippen molar-refractivity contribution in [3.63, 3.8) is 0 Å². The Labute approximate surface area is 164 Å². The number of amides is 1. The normalized spacial score (nSPS) is 15.4. The van der Waals surface area contributed by atoms with Crippen LogP contribution in [-0.4, -0.2) is 46.9 Å². The molecule has 0 N–H and O–H groups in total. The van der Waals surface area contributed by atoms with E-state index in [9.17, 15) is 13.6 Å². The highest BCUT2D eigenvalue weighted by molar-refractivity contribution is 7.18. The maximum Gasteiger partial charge on any atom is 0.255 e. The van der Waals surface area contributed by atoms with Gasteiger partial charge in [-0.25, -0.2) is 13.8 Å². The molecule has 8 heteroatoms. The minimum atomic E-state index is -1.07. The molecule has 4 rings (SSSR count). The van der Waals surface area contributed by atoms with Crippen molar-refractivity contribution in [3.05, 3.63) is 63.6 Å². The van der Waals surface area contributed by atoms with Crippen LogP contribution in [0.5, 0.6) is 0 Å². The predicted octanol–water partition coefficient (Wildman–Crippen LogP) is 4.19. The summed E-state index contributed by atoms with van der Waals surface area (Å²) in [7, 11) is 0. The Bertz CT molecular complexity index is 969. The number of benzene rings is 2. The second-order valence-corrected chi connectivity index (χ2v) is 7.91. The summed E-state index contributed by atoms with van der Waals surface area (Å²) >= 11 is 7.59. The Morgan fingerprint density at radius 3 is 2.56 bits per heavy atom. The van der Waals surface area contributed by atoms with Crippen molar-refractivity contribution in [2.24, 2.45) is 0 Å². The lowest BCUT2D eigenvalue weighted by Crippen LogP contribution is -2.48. The third-order valence-electron chi connectivity index (χ3n) is 4.60. The van der Waals surface area contributed by atoms with Crippen LogP contribution in [0.4, 0.5) is 8.78 Å². The van der Waals surface area contributed by atoms with Crippen molar-refractivity contribution in [2.75, 3.05) is 26.2 Å². The van der Waals surface area contributed by atoms with Crippen LogP contribution in [-0.2, 0) is 6.54 Å². The summed E-state index contributed by atoms with van der Waals surface area (Å²) in [4.78, 5) is 21.1. The summed E-state index contributed by atoms with van der Waals surface area (Å²) in [5.74, 6) is -2.51. The fourth-order valence-electron chi connectivity index (χ4n) is 3.14. The first-order chi connectivity index (χ1) is 13.0. The fourth-order valence-corrected chi connectivity index (χ4v) is 4.39. The third-order valence-corrected chi connectivity index (χ3v) is 5.93. The number of fused-ring (bicyclic) bond motifs is 1. The quantitative estimate of drug-likeness (QED) is 0.611. The largest absolute Gasteiger partial charge is 0.336 e. The molecule has 2 heterocycles. The van der Waals surface area contributed by atoms with Crippen LogP contribution in [0.1, 0.15) is 15.4 Å². The SMILES string of the molecule is O=C(c1cc(F)c(F)cc1Cl)N1CCN(Cc2nc3ccccc3s2)CC1. The van der Waals surface area contributed by atoms with Gasteiger partial charge >= 0.3 is 0 Å². The zero-order valence-electron chi connectivity index (χ0n) is 14.3. The van der Waals surface area contributed by atoms with Gasteiger partial charge in [-0.05, 0) is 24.3 Å². The molecule has 1 saturated heterocycles. The summed E-state index contributed by atoms with van der Waals surface area (Å²) in [6, 6.07) is 9.73. The number of carbonyl (C=O) groups excluding carboxylic acids is 1. The van der Waals surface area contributed by atoms with Crippen LogP contribution in [0.25, 0.3) is 10.2 Å². The number of hydrogen-bond acceptors (Lipinski definition) is 4. The molecule has 0 bridgehead atoms. The number of carbonyl (C=O) groups is 1. The lowest BCUT2D eigenvalue weighted by atomic mass is 10.1. The molecule has 0 radical (unpaired) electrons. The zero-order chi connectivity index (χ0) is 19.0. The molecule has 1 fully saturated rings. The Hall–Kier alpha value is -2.09.